The van der Waals surface area contributed by atoms with Crippen molar-refractivity contribution in [3.63, 3.8) is 0 Å². The van der Waals surface area contributed by atoms with Crippen molar-refractivity contribution < 1.29 is 0 Å². The lowest BCUT2D eigenvalue weighted by Crippen LogP contribution is -2.42. The monoisotopic (exact) mass is 238 g/mol. The van der Waals surface area contributed by atoms with Crippen LogP contribution in [0, 0.1) is 17.8 Å². The van der Waals surface area contributed by atoms with E-state index in [2.05, 4.69) is 31.1 Å². The number of rotatable bonds is 3. The van der Waals surface area contributed by atoms with E-state index >= 15 is 0 Å². The third-order valence-electron chi connectivity index (χ3n) is 5.02. The summed E-state index contributed by atoms with van der Waals surface area (Å²) in [6.45, 7) is 8.68. The molecule has 0 aromatic heterocycles. The van der Waals surface area contributed by atoms with Crippen LogP contribution in [0.3, 0.4) is 0 Å². The normalized spacial score (nSPS) is 40.4. The van der Waals surface area contributed by atoms with Crippen LogP contribution in [0.5, 0.6) is 0 Å². The molecule has 0 spiro atoms. The van der Waals surface area contributed by atoms with Gasteiger partial charge in [0.15, 0.2) is 0 Å². The van der Waals surface area contributed by atoms with Crippen molar-refractivity contribution in [1.29, 1.82) is 0 Å². The van der Waals surface area contributed by atoms with Crippen LogP contribution in [0.2, 0.25) is 0 Å². The van der Waals surface area contributed by atoms with Gasteiger partial charge in [-0.15, -0.1) is 0 Å². The van der Waals surface area contributed by atoms with Gasteiger partial charge in [0.2, 0.25) is 0 Å². The summed E-state index contributed by atoms with van der Waals surface area (Å²) in [7, 11) is 2.26. The molecule has 1 aliphatic carbocycles. The second-order valence-electron chi connectivity index (χ2n) is 6.64. The van der Waals surface area contributed by atoms with E-state index in [4.69, 9.17) is 0 Å². The van der Waals surface area contributed by atoms with Gasteiger partial charge in [-0.1, -0.05) is 13.8 Å². The zero-order chi connectivity index (χ0) is 12.3. The average Bonchev–Trinajstić information content (AvgIpc) is 2.31. The van der Waals surface area contributed by atoms with E-state index in [1.54, 1.807) is 0 Å². The summed E-state index contributed by atoms with van der Waals surface area (Å²) in [4.78, 5) is 2.49. The van der Waals surface area contributed by atoms with Gasteiger partial charge in [0.1, 0.15) is 0 Å². The molecular formula is C15H30N2. The molecule has 0 aromatic carbocycles. The van der Waals surface area contributed by atoms with E-state index in [0.717, 1.165) is 23.8 Å². The maximum absolute atomic E-state index is 3.84. The van der Waals surface area contributed by atoms with E-state index in [0.29, 0.717) is 0 Å². The molecule has 2 rings (SSSR count). The lowest BCUT2D eigenvalue weighted by atomic mass is 9.79. The minimum atomic E-state index is 0.799. The molecule has 4 atom stereocenters. The fourth-order valence-corrected chi connectivity index (χ4v) is 3.51. The maximum Gasteiger partial charge on any atom is 0.00699 e. The molecule has 1 N–H and O–H groups in total. The van der Waals surface area contributed by atoms with E-state index in [-0.39, 0.29) is 0 Å². The molecule has 2 nitrogen and oxygen atoms in total. The molecule has 1 saturated heterocycles. The fraction of sp³-hybridized carbons (Fsp3) is 1.00. The van der Waals surface area contributed by atoms with E-state index in [1.165, 1.54) is 51.7 Å². The van der Waals surface area contributed by atoms with Crippen molar-refractivity contribution in [1.82, 2.24) is 10.2 Å². The fourth-order valence-electron chi connectivity index (χ4n) is 3.51. The van der Waals surface area contributed by atoms with Gasteiger partial charge in [-0.2, -0.15) is 0 Å². The zero-order valence-electron chi connectivity index (χ0n) is 11.9. The summed E-state index contributed by atoms with van der Waals surface area (Å²) < 4.78 is 0. The number of likely N-dealkylation sites (tertiary alicyclic amines) is 1. The second kappa shape index (κ2) is 6.19. The number of piperidine rings is 1. The lowest BCUT2D eigenvalue weighted by molar-refractivity contribution is 0.183. The molecule has 0 aromatic rings. The third kappa shape index (κ3) is 3.96. The number of nitrogens with zero attached hydrogens (tertiary/aromatic N) is 1. The first-order chi connectivity index (χ1) is 8.15. The highest BCUT2D eigenvalue weighted by Gasteiger charge is 2.25. The van der Waals surface area contributed by atoms with Crippen LogP contribution in [0.15, 0.2) is 0 Å². The predicted molar refractivity (Wildman–Crippen MR) is 74.2 cm³/mol. The Morgan fingerprint density at radius 1 is 1.12 bits per heavy atom. The summed E-state index contributed by atoms with van der Waals surface area (Å²) in [6, 6.07) is 0.799. The van der Waals surface area contributed by atoms with Crippen LogP contribution in [0.25, 0.3) is 0 Å². The van der Waals surface area contributed by atoms with Crippen LogP contribution in [-0.4, -0.2) is 37.6 Å². The molecule has 0 bridgehead atoms. The highest BCUT2D eigenvalue weighted by Crippen LogP contribution is 2.29. The van der Waals surface area contributed by atoms with Gasteiger partial charge in [0, 0.05) is 12.6 Å². The third-order valence-corrected chi connectivity index (χ3v) is 5.02. The van der Waals surface area contributed by atoms with Gasteiger partial charge in [-0.05, 0) is 70.0 Å². The molecule has 1 saturated carbocycles. The molecule has 1 aliphatic heterocycles. The van der Waals surface area contributed by atoms with E-state index in [1.807, 2.05) is 0 Å². The Balaban J connectivity index is 1.67. The van der Waals surface area contributed by atoms with Crippen molar-refractivity contribution in [2.45, 2.75) is 52.0 Å². The zero-order valence-corrected chi connectivity index (χ0v) is 11.9. The van der Waals surface area contributed by atoms with Crippen LogP contribution in [0.1, 0.15) is 46.0 Å². The van der Waals surface area contributed by atoms with Gasteiger partial charge in [0.25, 0.3) is 0 Å². The van der Waals surface area contributed by atoms with Gasteiger partial charge in [-0.3, -0.25) is 0 Å². The molecule has 1 heterocycles. The first-order valence-corrected chi connectivity index (χ1v) is 7.57. The minimum Gasteiger partial charge on any atom is -0.314 e. The Bertz CT molecular complexity index is 229. The summed E-state index contributed by atoms with van der Waals surface area (Å²) in [5, 5.41) is 3.84. The second-order valence-corrected chi connectivity index (χ2v) is 6.64. The Kier molecular flexibility index (Phi) is 4.87. The van der Waals surface area contributed by atoms with Gasteiger partial charge in [0.05, 0.1) is 0 Å². The highest BCUT2D eigenvalue weighted by atomic mass is 15.1. The molecule has 4 unspecified atom stereocenters. The first kappa shape index (κ1) is 13.4. The van der Waals surface area contributed by atoms with Crippen molar-refractivity contribution in [2.24, 2.45) is 17.8 Å². The molecule has 0 radical (unpaired) electrons. The Hall–Kier alpha value is -0.0800. The molecule has 0 amide bonds. The van der Waals surface area contributed by atoms with Gasteiger partial charge >= 0.3 is 0 Å². The smallest absolute Gasteiger partial charge is 0.00699 e. The average molecular weight is 238 g/mol. The molecule has 17 heavy (non-hydrogen) atoms. The molecule has 100 valence electrons. The van der Waals surface area contributed by atoms with Crippen molar-refractivity contribution >= 4 is 0 Å². The van der Waals surface area contributed by atoms with Crippen LogP contribution < -0.4 is 5.32 Å². The van der Waals surface area contributed by atoms with Crippen molar-refractivity contribution in [2.75, 3.05) is 26.7 Å². The van der Waals surface area contributed by atoms with Crippen LogP contribution in [-0.2, 0) is 0 Å². The standard InChI is InChI=1S/C15H30N2/c1-12-6-7-15(9-13(12)2)16-10-14-5-4-8-17(3)11-14/h12-16H,4-11H2,1-3H3. The Labute approximate surface area is 107 Å². The molecule has 2 fully saturated rings. The lowest BCUT2D eigenvalue weighted by Gasteiger charge is -2.35. The SMILES string of the molecule is CC1CCC(NCC2CCCN(C)C2)CC1C. The predicted octanol–water partition coefficient (Wildman–Crippen LogP) is 2.74. The summed E-state index contributed by atoms with van der Waals surface area (Å²) in [5.74, 6) is 2.74. The molecular weight excluding hydrogens is 208 g/mol. The number of hydrogen-bond acceptors (Lipinski definition) is 2. The Morgan fingerprint density at radius 3 is 2.65 bits per heavy atom. The van der Waals surface area contributed by atoms with Crippen molar-refractivity contribution in [3.8, 4) is 0 Å². The van der Waals surface area contributed by atoms with Crippen LogP contribution in [0.4, 0.5) is 0 Å². The quantitative estimate of drug-likeness (QED) is 0.813. The minimum absolute atomic E-state index is 0.799. The van der Waals surface area contributed by atoms with Crippen molar-refractivity contribution in [3.05, 3.63) is 0 Å². The Morgan fingerprint density at radius 2 is 1.94 bits per heavy atom. The summed E-state index contributed by atoms with van der Waals surface area (Å²) >= 11 is 0. The first-order valence-electron chi connectivity index (χ1n) is 7.57. The highest BCUT2D eigenvalue weighted by molar-refractivity contribution is 4.81. The van der Waals surface area contributed by atoms with E-state index in [9.17, 15) is 0 Å². The van der Waals surface area contributed by atoms with Crippen LogP contribution >= 0.6 is 0 Å². The molecule has 2 aliphatic rings. The topological polar surface area (TPSA) is 15.3 Å². The van der Waals surface area contributed by atoms with Gasteiger partial charge in [-0.25, -0.2) is 0 Å². The number of hydrogen-bond donors (Lipinski definition) is 1. The maximum atomic E-state index is 3.84. The number of nitrogens with one attached hydrogen (secondary N) is 1. The van der Waals surface area contributed by atoms with Gasteiger partial charge < -0.3 is 10.2 Å². The summed E-state index contributed by atoms with van der Waals surface area (Å²) in [6.07, 6.45) is 7.03. The summed E-state index contributed by atoms with van der Waals surface area (Å²) in [5.41, 5.74) is 0. The largest absolute Gasteiger partial charge is 0.314 e. The van der Waals surface area contributed by atoms with E-state index < -0.39 is 0 Å². The molecule has 2 heteroatoms.